The van der Waals surface area contributed by atoms with Gasteiger partial charge in [0.1, 0.15) is 0 Å². The van der Waals surface area contributed by atoms with Crippen LogP contribution in [0.5, 0.6) is 0 Å². The lowest BCUT2D eigenvalue weighted by atomic mass is 9.81. The van der Waals surface area contributed by atoms with Crippen LogP contribution in [0.3, 0.4) is 0 Å². The van der Waals surface area contributed by atoms with Gasteiger partial charge in [-0.05, 0) is 42.9 Å². The Kier molecular flexibility index (Phi) is 4.75. The fourth-order valence-electron chi connectivity index (χ4n) is 3.59. The van der Waals surface area contributed by atoms with Gasteiger partial charge in [0.2, 0.25) is 5.91 Å². The molecule has 1 spiro atoms. The van der Waals surface area contributed by atoms with Gasteiger partial charge in [-0.2, -0.15) is 26.3 Å². The number of carboxylic acid groups (broad SMARTS) is 1. The van der Waals surface area contributed by atoms with Crippen molar-refractivity contribution in [3.05, 3.63) is 29.3 Å². The summed E-state index contributed by atoms with van der Waals surface area (Å²) in [5.41, 5.74) is -4.13. The lowest BCUT2D eigenvalue weighted by Crippen LogP contribution is -2.48. The number of benzene rings is 1. The van der Waals surface area contributed by atoms with Crippen LogP contribution in [-0.4, -0.2) is 35.1 Å². The number of carbonyl (C=O) groups is 2. The van der Waals surface area contributed by atoms with E-state index >= 15 is 0 Å². The minimum absolute atomic E-state index is 0.0230. The highest BCUT2D eigenvalue weighted by atomic mass is 19.4. The standard InChI is InChI=1S/C17H16F6N2O3/c18-16(19,20)9-5-10(17(21,22)23)7-11(6-9)24-13(26)12-8-25(14(27)28)4-3-15(12)1-2-15/h5-7,12H,1-4,8H2,(H,24,26)(H,27,28)/t12-/m1/s1. The maximum atomic E-state index is 12.9. The third kappa shape index (κ3) is 4.02. The molecule has 1 saturated heterocycles. The van der Waals surface area contributed by atoms with Crippen molar-refractivity contribution in [2.45, 2.75) is 31.6 Å². The zero-order valence-corrected chi connectivity index (χ0v) is 14.3. The Bertz CT molecular complexity index is 769. The Morgan fingerprint density at radius 3 is 1.96 bits per heavy atom. The summed E-state index contributed by atoms with van der Waals surface area (Å²) in [5.74, 6) is -1.61. The fraction of sp³-hybridized carbons (Fsp3) is 0.529. The predicted molar refractivity (Wildman–Crippen MR) is 84.4 cm³/mol. The number of carbonyl (C=O) groups excluding carboxylic acids is 1. The largest absolute Gasteiger partial charge is 0.465 e. The number of hydrogen-bond acceptors (Lipinski definition) is 2. The number of amides is 2. The summed E-state index contributed by atoms with van der Waals surface area (Å²) in [7, 11) is 0. The third-order valence-corrected chi connectivity index (χ3v) is 5.36. The molecule has 2 N–H and O–H groups in total. The summed E-state index contributed by atoms with van der Waals surface area (Å²) in [6, 6.07) is 0.847. The average molecular weight is 410 g/mol. The van der Waals surface area contributed by atoms with E-state index in [0.29, 0.717) is 31.4 Å². The summed E-state index contributed by atoms with van der Waals surface area (Å²) < 4.78 is 77.7. The van der Waals surface area contributed by atoms with E-state index in [1.165, 1.54) is 0 Å². The number of likely N-dealkylation sites (tertiary alicyclic amines) is 1. The first-order valence-electron chi connectivity index (χ1n) is 8.40. The zero-order valence-electron chi connectivity index (χ0n) is 14.3. The van der Waals surface area contributed by atoms with Gasteiger partial charge in [0.05, 0.1) is 17.0 Å². The lowest BCUT2D eigenvalue weighted by molar-refractivity contribution is -0.143. The number of halogens is 6. The molecule has 1 aliphatic carbocycles. The molecule has 2 amide bonds. The van der Waals surface area contributed by atoms with Crippen LogP contribution in [0, 0.1) is 11.3 Å². The van der Waals surface area contributed by atoms with Crippen LogP contribution in [0.2, 0.25) is 0 Å². The van der Waals surface area contributed by atoms with Gasteiger partial charge in [-0.25, -0.2) is 4.79 Å². The van der Waals surface area contributed by atoms with Crippen molar-refractivity contribution >= 4 is 17.7 Å². The number of nitrogens with one attached hydrogen (secondary N) is 1. The lowest BCUT2D eigenvalue weighted by Gasteiger charge is -2.36. The second kappa shape index (κ2) is 6.56. The number of hydrogen-bond donors (Lipinski definition) is 2. The van der Waals surface area contributed by atoms with Gasteiger partial charge >= 0.3 is 18.4 Å². The van der Waals surface area contributed by atoms with Crippen molar-refractivity contribution in [3.8, 4) is 0 Å². The molecule has 28 heavy (non-hydrogen) atoms. The van der Waals surface area contributed by atoms with E-state index in [9.17, 15) is 35.9 Å². The molecule has 1 aromatic rings. The second-order valence-corrected chi connectivity index (χ2v) is 7.18. The molecule has 0 radical (unpaired) electrons. The molecule has 154 valence electrons. The first-order chi connectivity index (χ1) is 12.8. The van der Waals surface area contributed by atoms with E-state index in [4.69, 9.17) is 5.11 Å². The van der Waals surface area contributed by atoms with Crippen LogP contribution >= 0.6 is 0 Å². The molecular formula is C17H16F6N2O3. The Labute approximate surface area is 155 Å². The van der Waals surface area contributed by atoms with E-state index in [0.717, 1.165) is 4.90 Å². The summed E-state index contributed by atoms with van der Waals surface area (Å²) in [6.07, 6.45) is -9.53. The Balaban J connectivity index is 1.88. The maximum absolute atomic E-state index is 12.9. The van der Waals surface area contributed by atoms with Gasteiger partial charge in [-0.1, -0.05) is 0 Å². The highest BCUT2D eigenvalue weighted by Gasteiger charge is 2.55. The molecule has 11 heteroatoms. The van der Waals surface area contributed by atoms with Crippen molar-refractivity contribution in [2.24, 2.45) is 11.3 Å². The molecule has 0 aromatic heterocycles. The van der Waals surface area contributed by atoms with Gasteiger partial charge in [-0.3, -0.25) is 4.79 Å². The average Bonchev–Trinajstić information content (AvgIpc) is 3.33. The van der Waals surface area contributed by atoms with Gasteiger partial charge in [-0.15, -0.1) is 0 Å². The molecule has 0 bridgehead atoms. The SMILES string of the molecule is O=C(Nc1cc(C(F)(F)F)cc(C(F)(F)F)c1)[C@H]1CN(C(=O)O)CCC12CC2. The minimum atomic E-state index is -5.02. The molecule has 3 rings (SSSR count). The van der Waals surface area contributed by atoms with E-state index in [1.54, 1.807) is 0 Å². The van der Waals surface area contributed by atoms with Crippen LogP contribution in [0.15, 0.2) is 18.2 Å². The molecule has 1 heterocycles. The summed E-state index contributed by atoms with van der Waals surface area (Å²) in [5, 5.41) is 11.2. The number of nitrogens with zero attached hydrogens (tertiary/aromatic N) is 1. The summed E-state index contributed by atoms with van der Waals surface area (Å²) in [4.78, 5) is 24.8. The smallest absolute Gasteiger partial charge is 0.416 e. The van der Waals surface area contributed by atoms with Gasteiger partial charge in [0, 0.05) is 18.8 Å². The highest BCUT2D eigenvalue weighted by Crippen LogP contribution is 2.57. The molecule has 1 atom stereocenters. The van der Waals surface area contributed by atoms with Crippen molar-refractivity contribution in [1.29, 1.82) is 0 Å². The van der Waals surface area contributed by atoms with E-state index in [2.05, 4.69) is 5.32 Å². The Morgan fingerprint density at radius 1 is 1.00 bits per heavy atom. The van der Waals surface area contributed by atoms with Crippen molar-refractivity contribution in [2.75, 3.05) is 18.4 Å². The van der Waals surface area contributed by atoms with Crippen LogP contribution in [0.25, 0.3) is 0 Å². The molecule has 1 aliphatic heterocycles. The Hall–Kier alpha value is -2.46. The minimum Gasteiger partial charge on any atom is -0.465 e. The number of anilines is 1. The quantitative estimate of drug-likeness (QED) is 0.709. The number of rotatable bonds is 2. The molecule has 0 unspecified atom stereocenters. The van der Waals surface area contributed by atoms with Gasteiger partial charge < -0.3 is 15.3 Å². The topological polar surface area (TPSA) is 69.6 Å². The van der Waals surface area contributed by atoms with E-state index < -0.39 is 52.5 Å². The molecule has 2 fully saturated rings. The molecule has 1 aromatic carbocycles. The first-order valence-corrected chi connectivity index (χ1v) is 8.40. The van der Waals surface area contributed by atoms with Crippen LogP contribution < -0.4 is 5.32 Å². The van der Waals surface area contributed by atoms with E-state index in [-0.39, 0.29) is 19.2 Å². The first kappa shape index (κ1) is 20.3. The molecule has 1 saturated carbocycles. The molecule has 5 nitrogen and oxygen atoms in total. The number of piperidine rings is 1. The third-order valence-electron chi connectivity index (χ3n) is 5.36. The maximum Gasteiger partial charge on any atom is 0.416 e. The summed E-state index contributed by atoms with van der Waals surface area (Å²) in [6.45, 7) is 0.0904. The highest BCUT2D eigenvalue weighted by molar-refractivity contribution is 5.94. The normalized spacial score (nSPS) is 21.5. The van der Waals surface area contributed by atoms with Crippen molar-refractivity contribution < 1.29 is 41.0 Å². The predicted octanol–water partition coefficient (Wildman–Crippen LogP) is 4.44. The van der Waals surface area contributed by atoms with Gasteiger partial charge in [0.25, 0.3) is 0 Å². The van der Waals surface area contributed by atoms with Crippen LogP contribution in [0.4, 0.5) is 36.8 Å². The van der Waals surface area contributed by atoms with Crippen LogP contribution in [0.1, 0.15) is 30.4 Å². The second-order valence-electron chi connectivity index (χ2n) is 7.18. The molecule has 2 aliphatic rings. The van der Waals surface area contributed by atoms with Gasteiger partial charge in [0.15, 0.2) is 0 Å². The van der Waals surface area contributed by atoms with E-state index in [1.807, 2.05) is 0 Å². The monoisotopic (exact) mass is 410 g/mol. The number of alkyl halides is 6. The zero-order chi connectivity index (χ0) is 20.9. The van der Waals surface area contributed by atoms with Crippen molar-refractivity contribution in [1.82, 2.24) is 4.90 Å². The van der Waals surface area contributed by atoms with Crippen LogP contribution in [-0.2, 0) is 17.1 Å². The summed E-state index contributed by atoms with van der Waals surface area (Å²) >= 11 is 0. The van der Waals surface area contributed by atoms with Crippen molar-refractivity contribution in [3.63, 3.8) is 0 Å². The fourth-order valence-corrected chi connectivity index (χ4v) is 3.59. The Morgan fingerprint density at radius 2 is 1.54 bits per heavy atom. The molecular weight excluding hydrogens is 394 g/mol.